The Labute approximate surface area is 120 Å². The van der Waals surface area contributed by atoms with Crippen LogP contribution in [0.25, 0.3) is 0 Å². The Bertz CT molecular complexity index is 615. The first kappa shape index (κ1) is 13.0. The van der Waals surface area contributed by atoms with Crippen LogP contribution >= 0.6 is 11.3 Å². The van der Waals surface area contributed by atoms with Gasteiger partial charge < -0.3 is 20.1 Å². The molecule has 2 aliphatic heterocycles. The van der Waals surface area contributed by atoms with E-state index in [0.717, 1.165) is 30.0 Å². The molecule has 0 fully saturated rings. The molecule has 1 amide bonds. The lowest BCUT2D eigenvalue weighted by molar-refractivity contribution is -0.117. The number of nitrogens with one attached hydrogen (secondary N) is 2. The monoisotopic (exact) mass is 291 g/mol. The quantitative estimate of drug-likeness (QED) is 0.852. The third-order valence-electron chi connectivity index (χ3n) is 3.14. The summed E-state index contributed by atoms with van der Waals surface area (Å²) in [6.07, 6.45) is 2.12. The smallest absolute Gasteiger partial charge is 0.294 e. The molecule has 0 spiro atoms. The van der Waals surface area contributed by atoms with Crippen LogP contribution in [0.15, 0.2) is 12.0 Å². The third-order valence-corrected chi connectivity index (χ3v) is 4.29. The molecule has 0 aliphatic carbocycles. The van der Waals surface area contributed by atoms with E-state index >= 15 is 0 Å². The number of rotatable bonds is 2. The van der Waals surface area contributed by atoms with E-state index in [2.05, 4.69) is 16.7 Å². The number of hydrogen-bond acceptors (Lipinski definition) is 6. The molecular formula is C13H13N3O3S. The Kier molecular flexibility index (Phi) is 3.58. The van der Waals surface area contributed by atoms with Crippen molar-refractivity contribution in [3.8, 4) is 6.07 Å². The molecule has 0 aromatic carbocycles. The predicted octanol–water partition coefficient (Wildman–Crippen LogP) is 1.09. The van der Waals surface area contributed by atoms with Gasteiger partial charge in [-0.15, -0.1) is 11.3 Å². The molecule has 2 aliphatic rings. The highest BCUT2D eigenvalue weighted by atomic mass is 32.1. The third kappa shape index (κ3) is 2.35. The molecule has 0 radical (unpaired) electrons. The fourth-order valence-electron chi connectivity index (χ4n) is 2.19. The number of carbonyl (C=O) groups is 1. The van der Waals surface area contributed by atoms with Gasteiger partial charge in [0.1, 0.15) is 30.5 Å². The first-order valence-corrected chi connectivity index (χ1v) is 7.12. The minimum absolute atomic E-state index is 0.143. The Balaban J connectivity index is 1.84. The first-order valence-electron chi connectivity index (χ1n) is 6.31. The maximum absolute atomic E-state index is 12.0. The second-order valence-corrected chi connectivity index (χ2v) is 5.51. The zero-order valence-electron chi connectivity index (χ0n) is 10.7. The number of amides is 1. The van der Waals surface area contributed by atoms with Crippen LogP contribution in [0.3, 0.4) is 0 Å². The number of carbonyl (C=O) groups excluding carboxylic acids is 1. The van der Waals surface area contributed by atoms with Crippen LogP contribution < -0.4 is 10.6 Å². The standard InChI is InChI=1S/C13H13N3O3S/c14-5-9-8-1-2-15-6-11(8)20-13(9)16-12(17)10-7-18-3-4-19-10/h7,15H,1-4,6H2,(H,16,17). The number of anilines is 1. The number of fused-ring (bicyclic) bond motifs is 1. The molecule has 7 heteroatoms. The van der Waals surface area contributed by atoms with Crippen LogP contribution in [-0.2, 0) is 27.2 Å². The molecular weight excluding hydrogens is 278 g/mol. The average molecular weight is 291 g/mol. The largest absolute Gasteiger partial charge is 0.494 e. The lowest BCUT2D eigenvalue weighted by atomic mass is 10.1. The van der Waals surface area contributed by atoms with Crippen molar-refractivity contribution < 1.29 is 14.3 Å². The Morgan fingerprint density at radius 2 is 2.40 bits per heavy atom. The molecule has 6 nitrogen and oxygen atoms in total. The predicted molar refractivity (Wildman–Crippen MR) is 73.1 cm³/mol. The van der Waals surface area contributed by atoms with E-state index in [1.54, 1.807) is 0 Å². The molecule has 1 aromatic heterocycles. The van der Waals surface area contributed by atoms with Crippen molar-refractivity contribution in [2.24, 2.45) is 0 Å². The van der Waals surface area contributed by atoms with E-state index in [4.69, 9.17) is 9.47 Å². The van der Waals surface area contributed by atoms with Crippen LogP contribution in [0.2, 0.25) is 0 Å². The van der Waals surface area contributed by atoms with E-state index in [-0.39, 0.29) is 11.7 Å². The van der Waals surface area contributed by atoms with Crippen molar-refractivity contribution in [1.29, 1.82) is 5.26 Å². The van der Waals surface area contributed by atoms with Gasteiger partial charge in [-0.1, -0.05) is 0 Å². The minimum Gasteiger partial charge on any atom is -0.494 e. The molecule has 0 saturated carbocycles. The summed E-state index contributed by atoms with van der Waals surface area (Å²) < 4.78 is 10.3. The summed E-state index contributed by atoms with van der Waals surface area (Å²) >= 11 is 1.44. The fourth-order valence-corrected chi connectivity index (χ4v) is 3.36. The summed E-state index contributed by atoms with van der Waals surface area (Å²) in [6.45, 7) is 2.40. The summed E-state index contributed by atoms with van der Waals surface area (Å²) in [4.78, 5) is 13.2. The van der Waals surface area contributed by atoms with Gasteiger partial charge in [0.2, 0.25) is 5.76 Å². The van der Waals surface area contributed by atoms with Gasteiger partial charge in [0.05, 0.1) is 5.56 Å². The summed E-state index contributed by atoms with van der Waals surface area (Å²) in [5.41, 5.74) is 1.61. The summed E-state index contributed by atoms with van der Waals surface area (Å²) in [7, 11) is 0. The fraction of sp³-hybridized carbons (Fsp3) is 0.385. The maximum atomic E-state index is 12.0. The zero-order valence-corrected chi connectivity index (χ0v) is 11.5. The molecule has 3 heterocycles. The summed E-state index contributed by atoms with van der Waals surface area (Å²) in [5, 5.41) is 15.9. The van der Waals surface area contributed by atoms with E-state index in [1.165, 1.54) is 17.6 Å². The van der Waals surface area contributed by atoms with Crippen LogP contribution in [0.4, 0.5) is 5.00 Å². The van der Waals surface area contributed by atoms with Crippen molar-refractivity contribution in [1.82, 2.24) is 5.32 Å². The van der Waals surface area contributed by atoms with Gasteiger partial charge in [-0.05, 0) is 18.5 Å². The van der Waals surface area contributed by atoms with Gasteiger partial charge in [0.25, 0.3) is 5.91 Å². The lowest BCUT2D eigenvalue weighted by Crippen LogP contribution is -2.22. The lowest BCUT2D eigenvalue weighted by Gasteiger charge is -2.14. The normalized spacial score (nSPS) is 17.1. The second-order valence-electron chi connectivity index (χ2n) is 4.40. The molecule has 2 N–H and O–H groups in total. The maximum Gasteiger partial charge on any atom is 0.294 e. The van der Waals surface area contributed by atoms with Crippen molar-refractivity contribution in [2.45, 2.75) is 13.0 Å². The summed E-state index contributed by atoms with van der Waals surface area (Å²) in [5.74, 6) is -0.239. The zero-order chi connectivity index (χ0) is 13.9. The topological polar surface area (TPSA) is 83.4 Å². The van der Waals surface area contributed by atoms with Gasteiger partial charge in [-0.2, -0.15) is 5.26 Å². The van der Waals surface area contributed by atoms with Crippen LogP contribution in [0.5, 0.6) is 0 Å². The van der Waals surface area contributed by atoms with Crippen molar-refractivity contribution >= 4 is 22.2 Å². The molecule has 104 valence electrons. The average Bonchev–Trinajstić information content (AvgIpc) is 2.85. The number of nitriles is 1. The van der Waals surface area contributed by atoms with Gasteiger partial charge in [-0.25, -0.2) is 0 Å². The number of nitrogens with zero attached hydrogens (tertiary/aromatic N) is 1. The molecule has 1 aromatic rings. The number of thiophene rings is 1. The van der Waals surface area contributed by atoms with Crippen molar-refractivity contribution in [3.05, 3.63) is 28.0 Å². The van der Waals surface area contributed by atoms with Gasteiger partial charge in [-0.3, -0.25) is 4.79 Å². The molecule has 0 unspecified atom stereocenters. The Morgan fingerprint density at radius 1 is 1.50 bits per heavy atom. The number of ether oxygens (including phenoxy) is 2. The van der Waals surface area contributed by atoms with Crippen molar-refractivity contribution in [3.63, 3.8) is 0 Å². The van der Waals surface area contributed by atoms with Crippen LogP contribution in [-0.4, -0.2) is 25.7 Å². The minimum atomic E-state index is -0.382. The highest BCUT2D eigenvalue weighted by Gasteiger charge is 2.23. The van der Waals surface area contributed by atoms with Crippen LogP contribution in [0, 0.1) is 11.3 Å². The Hall–Kier alpha value is -2.04. The summed E-state index contributed by atoms with van der Waals surface area (Å²) in [6, 6.07) is 2.19. The molecule has 3 rings (SSSR count). The van der Waals surface area contributed by atoms with E-state index in [9.17, 15) is 10.1 Å². The number of hydrogen-bond donors (Lipinski definition) is 2. The molecule has 20 heavy (non-hydrogen) atoms. The molecule has 0 bridgehead atoms. The SMILES string of the molecule is N#Cc1c(NC(=O)C2=COCCO2)sc2c1CCNC2. The molecule has 0 saturated heterocycles. The van der Waals surface area contributed by atoms with Gasteiger partial charge >= 0.3 is 0 Å². The van der Waals surface area contributed by atoms with E-state index in [1.807, 2.05) is 0 Å². The van der Waals surface area contributed by atoms with Crippen LogP contribution in [0.1, 0.15) is 16.0 Å². The Morgan fingerprint density at radius 3 is 3.15 bits per heavy atom. The van der Waals surface area contributed by atoms with E-state index in [0.29, 0.717) is 23.8 Å². The second kappa shape index (κ2) is 5.53. The van der Waals surface area contributed by atoms with Gasteiger partial charge in [0, 0.05) is 11.4 Å². The highest BCUT2D eigenvalue weighted by molar-refractivity contribution is 7.16. The van der Waals surface area contributed by atoms with Crippen molar-refractivity contribution in [2.75, 3.05) is 25.1 Å². The molecule has 0 atom stereocenters. The first-order chi connectivity index (χ1) is 9.79. The van der Waals surface area contributed by atoms with Gasteiger partial charge in [0.15, 0.2) is 0 Å². The highest BCUT2D eigenvalue weighted by Crippen LogP contribution is 2.35. The van der Waals surface area contributed by atoms with E-state index < -0.39 is 0 Å².